The maximum absolute atomic E-state index is 2.78. The molecule has 1 nitrogen and oxygen atoms in total. The van der Waals surface area contributed by atoms with Crippen molar-refractivity contribution in [3.8, 4) is 33.4 Å². The number of benzene rings is 8. The van der Waals surface area contributed by atoms with Crippen LogP contribution in [0.1, 0.15) is 25.0 Å². The van der Waals surface area contributed by atoms with Crippen LogP contribution in [0.25, 0.3) is 64.3 Å². The molecule has 0 spiro atoms. The van der Waals surface area contributed by atoms with Crippen LogP contribution < -0.4 is 152 Å². The van der Waals surface area contributed by atoms with Crippen molar-refractivity contribution in [2.75, 3.05) is 4.90 Å². The SMILES string of the molecule is Bc1cc(N(c2c(B)c(B)c3c(c2B)C(C)(C)c2c(B)c(B)c(B)c(B)c2-3)c2c(B)c(B)c3c(B)c(-c4cc(B)c5sc6c(B)c(B)c(B)c(B)c6c5c4B)c(B)c(B)c3c2B)c(B)c(B)c1-c1c(B)c(B)c(B)c(B)c1B. The average Bonchev–Trinajstić information content (AvgIpc) is 3.76. The smallest absolute Gasteiger partial charge is 0.142 e. The number of hydrogen-bond donors (Lipinski definition) is 0. The number of hydrogen-bond acceptors (Lipinski definition) is 2. The summed E-state index contributed by atoms with van der Waals surface area (Å²) in [4.78, 5) is 2.78. The summed E-state index contributed by atoms with van der Waals surface area (Å²) in [5, 5.41) is 5.70. The number of fused-ring (bicyclic) bond motifs is 7. The van der Waals surface area contributed by atoms with E-state index in [1.807, 2.05) is 11.3 Å². The van der Waals surface area contributed by atoms with E-state index in [-0.39, 0.29) is 5.41 Å². The second-order valence-corrected chi connectivity index (χ2v) is 26.6. The first kappa shape index (κ1) is 57.0. The van der Waals surface area contributed by atoms with E-state index in [0.717, 1.165) is 0 Å². The highest BCUT2D eigenvalue weighted by atomic mass is 32.1. The predicted molar refractivity (Wildman–Crippen MR) is 441 cm³/mol. The van der Waals surface area contributed by atoms with Crippen LogP contribution in [0.5, 0.6) is 0 Å². The van der Waals surface area contributed by atoms with E-state index in [4.69, 9.17) is 0 Å². The molecule has 1 aromatic heterocycles. The summed E-state index contributed by atoms with van der Waals surface area (Å²) in [7, 11) is 64.2. The van der Waals surface area contributed by atoms with Crippen LogP contribution in [0, 0.1) is 0 Å². The summed E-state index contributed by atoms with van der Waals surface area (Å²) >= 11 is 2.00. The summed E-state index contributed by atoms with van der Waals surface area (Å²) < 4.78 is 2.88. The minimum atomic E-state index is -0.198. The van der Waals surface area contributed by atoms with E-state index in [1.54, 1.807) is 0 Å². The highest BCUT2D eigenvalue weighted by Crippen LogP contribution is 2.46. The van der Waals surface area contributed by atoms with Gasteiger partial charge in [-0.25, -0.2) is 0 Å². The molecule has 0 saturated carbocycles. The summed E-state index contributed by atoms with van der Waals surface area (Å²) in [5.41, 5.74) is 52.7. The molecule has 0 bridgehead atoms. The number of rotatable bonds is 5. The molecular weight excluding hydrogens is 927 g/mol. The van der Waals surface area contributed by atoms with Crippen LogP contribution >= 0.6 is 11.3 Å². The third-order valence-electron chi connectivity index (χ3n) is 21.9. The fourth-order valence-electron chi connectivity index (χ4n) is 16.0. The van der Waals surface area contributed by atoms with Gasteiger partial charge in [-0.1, -0.05) is 129 Å². The maximum Gasteiger partial charge on any atom is 0.142 e. The monoisotopic (exact) mass is 994 g/mol. The lowest BCUT2D eigenvalue weighted by molar-refractivity contribution is 0.669. The summed E-state index contributed by atoms with van der Waals surface area (Å²) in [5.74, 6) is 0. The molecule has 1 aliphatic carbocycles. The van der Waals surface area contributed by atoms with Crippen LogP contribution in [0.15, 0.2) is 12.1 Å². The van der Waals surface area contributed by atoms with E-state index in [0.29, 0.717) is 0 Å². The molecule has 0 aliphatic heterocycles. The Bertz CT molecular complexity index is 4310. The van der Waals surface area contributed by atoms with Gasteiger partial charge in [-0.3, -0.25) is 0 Å². The van der Waals surface area contributed by atoms with Crippen molar-refractivity contribution in [2.45, 2.75) is 19.3 Å². The maximum atomic E-state index is 2.78. The molecular formula is C49H62B27NS. The third kappa shape index (κ3) is 7.45. The minimum Gasteiger partial charge on any atom is -0.313 e. The summed E-state index contributed by atoms with van der Waals surface area (Å²) in [6.07, 6.45) is 0. The molecule has 0 N–H and O–H groups in total. The first-order chi connectivity index (χ1) is 36.3. The van der Waals surface area contributed by atoms with Gasteiger partial charge in [0, 0.05) is 31.9 Å². The Morgan fingerprint density at radius 2 is 0.667 bits per heavy atom. The van der Waals surface area contributed by atoms with Crippen molar-refractivity contribution in [1.29, 1.82) is 0 Å². The molecule has 10 rings (SSSR count). The number of nitrogens with zero attached hydrogens (tertiary/aromatic N) is 1. The quantitative estimate of drug-likeness (QED) is 0.155. The van der Waals surface area contributed by atoms with Crippen molar-refractivity contribution < 1.29 is 0 Å². The van der Waals surface area contributed by atoms with E-state index >= 15 is 0 Å². The molecule has 29 heteroatoms. The molecule has 0 atom stereocenters. The zero-order chi connectivity index (χ0) is 57.6. The van der Waals surface area contributed by atoms with Gasteiger partial charge < -0.3 is 4.90 Å². The average molecular weight is 989 g/mol. The molecule has 0 fully saturated rings. The highest BCUT2D eigenvalue weighted by molar-refractivity contribution is 7.28. The van der Waals surface area contributed by atoms with Crippen molar-refractivity contribution in [3.63, 3.8) is 0 Å². The fraction of sp³-hybridized carbons (Fsp3) is 0.0612. The van der Waals surface area contributed by atoms with E-state index in [1.165, 1.54) is 240 Å². The van der Waals surface area contributed by atoms with Gasteiger partial charge in [0.15, 0.2) is 0 Å². The van der Waals surface area contributed by atoms with Crippen molar-refractivity contribution in [1.82, 2.24) is 0 Å². The first-order valence-electron chi connectivity index (χ1n) is 29.0. The second-order valence-electron chi connectivity index (χ2n) is 25.6. The molecule has 1 aliphatic rings. The van der Waals surface area contributed by atoms with E-state index in [9.17, 15) is 0 Å². The van der Waals surface area contributed by atoms with Gasteiger partial charge in [0.1, 0.15) is 212 Å². The largest absolute Gasteiger partial charge is 0.313 e. The Balaban J connectivity index is 1.33. The summed E-state index contributed by atoms with van der Waals surface area (Å²) in [6.45, 7) is 5.02. The third-order valence-corrected chi connectivity index (χ3v) is 23.3. The van der Waals surface area contributed by atoms with Crippen LogP contribution in [-0.4, -0.2) is 212 Å². The van der Waals surface area contributed by atoms with Crippen LogP contribution in [0.2, 0.25) is 0 Å². The van der Waals surface area contributed by atoms with Crippen molar-refractivity contribution in [2.24, 2.45) is 0 Å². The standard InChI is InChI=1S/C49H62B27NS/c1-49(2)18-11(25(57)35(67)39(71)33(18)65)12-19(49)34(66)46(42(74)26(12)58)77(8-4-6(50)10(24(56)21(8)53)13-28(60)36(68)40(72)37(69)29(13)61)45-32(64)15-14(30(62)43(45)75)22(54)9(23(55)27(15)59)5-3-7(51)47-16(20(5)52)17-31(63)38(70)41(73)44(76)48(17)78-47/h3-4H,50-76H2,1-2H3. The molecule has 8 aromatic carbocycles. The Labute approximate surface area is 495 Å². The lowest BCUT2D eigenvalue weighted by Crippen LogP contribution is -2.56. The zero-order valence-corrected chi connectivity index (χ0v) is 54.3. The summed E-state index contributed by atoms with van der Waals surface area (Å²) in [6, 6.07) is 5.09. The molecule has 9 aromatic rings. The van der Waals surface area contributed by atoms with Gasteiger partial charge in [-0.05, 0) is 72.1 Å². The molecule has 0 unspecified atom stereocenters. The highest BCUT2D eigenvalue weighted by Gasteiger charge is 2.42. The lowest BCUT2D eigenvalue weighted by Gasteiger charge is -2.39. The van der Waals surface area contributed by atoms with Gasteiger partial charge in [0.25, 0.3) is 0 Å². The van der Waals surface area contributed by atoms with Crippen molar-refractivity contribution in [3.05, 3.63) is 23.3 Å². The number of thiophene rings is 1. The fourth-order valence-corrected chi connectivity index (χ4v) is 17.4. The van der Waals surface area contributed by atoms with Crippen molar-refractivity contribution >= 4 is 419 Å². The molecule has 0 saturated heterocycles. The molecule has 0 amide bonds. The topological polar surface area (TPSA) is 3.24 Å². The van der Waals surface area contributed by atoms with E-state index < -0.39 is 0 Å². The van der Waals surface area contributed by atoms with Gasteiger partial charge >= 0.3 is 0 Å². The lowest BCUT2D eigenvalue weighted by atomic mass is 9.57. The first-order valence-corrected chi connectivity index (χ1v) is 29.8. The van der Waals surface area contributed by atoms with Gasteiger partial charge in [0.2, 0.25) is 0 Å². The molecule has 0 radical (unpaired) electrons. The van der Waals surface area contributed by atoms with Crippen LogP contribution in [-0.2, 0) is 5.41 Å². The molecule has 350 valence electrons. The Hall–Kier alpha value is -4.21. The zero-order valence-electron chi connectivity index (χ0n) is 53.5. The van der Waals surface area contributed by atoms with Crippen LogP contribution in [0.3, 0.4) is 0 Å². The minimum absolute atomic E-state index is 0.198. The van der Waals surface area contributed by atoms with Gasteiger partial charge in [0.05, 0.1) is 0 Å². The Morgan fingerprint density at radius 1 is 0.282 bits per heavy atom. The Kier molecular flexibility index (Phi) is 14.0. The molecule has 78 heavy (non-hydrogen) atoms. The van der Waals surface area contributed by atoms with Gasteiger partial charge in [-0.15, -0.1) is 49.6 Å². The van der Waals surface area contributed by atoms with Crippen LogP contribution in [0.4, 0.5) is 17.1 Å². The van der Waals surface area contributed by atoms with Gasteiger partial charge in [-0.2, -0.15) is 0 Å². The second kappa shape index (κ2) is 19.2. The molecule has 1 heterocycles. The Morgan fingerprint density at radius 3 is 1.24 bits per heavy atom. The normalized spacial score (nSPS) is 12.7. The number of anilines is 3. The van der Waals surface area contributed by atoms with E-state index in [2.05, 4.69) is 243 Å². The predicted octanol–water partition coefficient (Wildman–Crippen LogP) is -32.7.